The number of aromatic nitrogens is 3. The van der Waals surface area contributed by atoms with Gasteiger partial charge in [-0.1, -0.05) is 172 Å². The van der Waals surface area contributed by atoms with Crippen LogP contribution in [-0.2, 0) is 5.41 Å². The molecule has 1 heterocycles. The predicted molar refractivity (Wildman–Crippen MR) is 237 cm³/mol. The highest BCUT2D eigenvalue weighted by molar-refractivity contribution is 5.99. The first-order valence-electron chi connectivity index (χ1n) is 19.6. The maximum absolute atomic E-state index is 5.13. The van der Waals surface area contributed by atoms with Gasteiger partial charge < -0.3 is 0 Å². The van der Waals surface area contributed by atoms with E-state index in [2.05, 4.69) is 202 Å². The molecule has 0 bridgehead atoms. The first kappa shape index (κ1) is 33.1. The first-order valence-corrected chi connectivity index (χ1v) is 19.6. The molecule has 3 heteroatoms. The van der Waals surface area contributed by atoms with Crippen LogP contribution in [0.3, 0.4) is 0 Å². The van der Waals surface area contributed by atoms with Crippen molar-refractivity contribution in [2.24, 2.45) is 0 Å². The maximum atomic E-state index is 5.13. The average molecular weight is 728 g/mol. The largest absolute Gasteiger partial charge is 0.208 e. The van der Waals surface area contributed by atoms with Crippen LogP contribution >= 0.6 is 0 Å². The van der Waals surface area contributed by atoms with Gasteiger partial charge in [-0.15, -0.1) is 0 Å². The molecule has 0 radical (unpaired) electrons. The summed E-state index contributed by atoms with van der Waals surface area (Å²) in [5.41, 5.74) is 12.9. The molecule has 0 fully saturated rings. The summed E-state index contributed by atoms with van der Waals surface area (Å²) < 4.78 is 0. The highest BCUT2D eigenvalue weighted by atomic mass is 15.0. The lowest BCUT2D eigenvalue weighted by atomic mass is 9.80. The van der Waals surface area contributed by atoms with Gasteiger partial charge in [-0.3, -0.25) is 0 Å². The van der Waals surface area contributed by atoms with E-state index < -0.39 is 0 Å². The molecule has 1 aromatic heterocycles. The summed E-state index contributed by atoms with van der Waals surface area (Å²) in [6, 6.07) is 67.4. The van der Waals surface area contributed by atoms with E-state index in [-0.39, 0.29) is 5.41 Å². The Labute approximate surface area is 332 Å². The van der Waals surface area contributed by atoms with E-state index >= 15 is 0 Å². The summed E-state index contributed by atoms with van der Waals surface area (Å²) in [5.74, 6) is 1.94. The SMILES string of the molecule is CC1(C)c2ccccc2-c2ccc3ccc(-c4cccc(-c5cccc(-c6nc(-c7ccc8ccccc8c7)nc(-c7ccc8ccccc8c7)n6)c5)c4)cc3c21. The quantitative estimate of drug-likeness (QED) is 0.177. The van der Waals surface area contributed by atoms with Gasteiger partial charge >= 0.3 is 0 Å². The number of rotatable bonds is 5. The molecule has 1 aliphatic carbocycles. The van der Waals surface area contributed by atoms with Crippen molar-refractivity contribution in [3.8, 4) is 67.5 Å². The van der Waals surface area contributed by atoms with Gasteiger partial charge in [0.1, 0.15) is 0 Å². The van der Waals surface area contributed by atoms with Crippen LogP contribution in [0.25, 0.3) is 99.9 Å². The zero-order valence-corrected chi connectivity index (χ0v) is 31.7. The zero-order chi connectivity index (χ0) is 38.1. The van der Waals surface area contributed by atoms with Gasteiger partial charge in [-0.25, -0.2) is 15.0 Å². The van der Waals surface area contributed by atoms with Crippen LogP contribution in [0.4, 0.5) is 0 Å². The molecule has 0 N–H and O–H groups in total. The van der Waals surface area contributed by atoms with Crippen LogP contribution in [0, 0.1) is 0 Å². The van der Waals surface area contributed by atoms with E-state index in [4.69, 9.17) is 15.0 Å². The molecule has 10 aromatic rings. The highest BCUT2D eigenvalue weighted by Gasteiger charge is 2.36. The Bertz CT molecular complexity index is 3130. The van der Waals surface area contributed by atoms with Crippen molar-refractivity contribution >= 4 is 32.3 Å². The molecule has 57 heavy (non-hydrogen) atoms. The smallest absolute Gasteiger partial charge is 0.164 e. The molecule has 0 amide bonds. The molecule has 11 rings (SSSR count). The van der Waals surface area contributed by atoms with E-state index in [1.165, 1.54) is 54.9 Å². The maximum Gasteiger partial charge on any atom is 0.164 e. The molecule has 0 saturated heterocycles. The van der Waals surface area contributed by atoms with Gasteiger partial charge in [0.05, 0.1) is 0 Å². The predicted octanol–water partition coefficient (Wildman–Crippen LogP) is 14.0. The van der Waals surface area contributed by atoms with Crippen LogP contribution in [0.5, 0.6) is 0 Å². The zero-order valence-electron chi connectivity index (χ0n) is 31.7. The molecule has 0 aliphatic heterocycles. The molecule has 0 saturated carbocycles. The lowest BCUT2D eigenvalue weighted by molar-refractivity contribution is 0.666. The fourth-order valence-corrected chi connectivity index (χ4v) is 8.93. The fraction of sp³-hybridized carbons (Fsp3) is 0.0556. The van der Waals surface area contributed by atoms with Gasteiger partial charge in [-0.05, 0) is 107 Å². The second kappa shape index (κ2) is 12.9. The summed E-state index contributed by atoms with van der Waals surface area (Å²) in [4.78, 5) is 15.3. The summed E-state index contributed by atoms with van der Waals surface area (Å²) in [6.07, 6.45) is 0. The first-order chi connectivity index (χ1) is 28.0. The fourth-order valence-electron chi connectivity index (χ4n) is 8.93. The third-order valence-electron chi connectivity index (χ3n) is 11.8. The lowest BCUT2D eigenvalue weighted by Gasteiger charge is -2.23. The monoisotopic (exact) mass is 727 g/mol. The van der Waals surface area contributed by atoms with Gasteiger partial charge in [-0.2, -0.15) is 0 Å². The number of benzene rings is 9. The molecule has 0 atom stereocenters. The Morgan fingerprint density at radius 2 is 0.754 bits per heavy atom. The topological polar surface area (TPSA) is 38.7 Å². The van der Waals surface area contributed by atoms with Crippen molar-refractivity contribution in [3.63, 3.8) is 0 Å². The second-order valence-electron chi connectivity index (χ2n) is 15.7. The Kier molecular flexibility index (Phi) is 7.52. The standard InChI is InChI=1S/C54H37N3/c1-54(2)49-20-8-7-19-46(49)47-28-27-36-23-24-42(33-48(36)50(47)54)40-16-9-15-39(29-40)41-17-10-18-43(32-41)51-55-52(44-25-21-34-11-3-5-13-37(34)30-44)57-53(56-51)45-26-22-35-12-4-6-14-38(35)31-45/h3-33H,1-2H3. The Morgan fingerprint density at radius 1 is 0.316 bits per heavy atom. The molecule has 0 unspecified atom stereocenters. The minimum Gasteiger partial charge on any atom is -0.208 e. The summed E-state index contributed by atoms with van der Waals surface area (Å²) in [7, 11) is 0. The molecular weight excluding hydrogens is 691 g/mol. The minimum absolute atomic E-state index is 0.0797. The molecule has 1 aliphatic rings. The van der Waals surface area contributed by atoms with E-state index in [1.807, 2.05) is 0 Å². The normalized spacial score (nSPS) is 12.9. The summed E-state index contributed by atoms with van der Waals surface area (Å²) >= 11 is 0. The number of hydrogen-bond acceptors (Lipinski definition) is 3. The van der Waals surface area contributed by atoms with Crippen molar-refractivity contribution < 1.29 is 0 Å². The van der Waals surface area contributed by atoms with Crippen molar-refractivity contribution in [2.45, 2.75) is 19.3 Å². The van der Waals surface area contributed by atoms with E-state index in [1.54, 1.807) is 0 Å². The lowest BCUT2D eigenvalue weighted by Crippen LogP contribution is -2.15. The number of hydrogen-bond donors (Lipinski definition) is 0. The van der Waals surface area contributed by atoms with Crippen LogP contribution < -0.4 is 0 Å². The van der Waals surface area contributed by atoms with Crippen molar-refractivity contribution in [2.75, 3.05) is 0 Å². The van der Waals surface area contributed by atoms with Gasteiger partial charge in [0.2, 0.25) is 0 Å². The summed E-state index contributed by atoms with van der Waals surface area (Å²) in [6.45, 7) is 4.72. The minimum atomic E-state index is -0.0797. The Balaban J connectivity index is 1.00. The Morgan fingerprint density at radius 3 is 1.37 bits per heavy atom. The van der Waals surface area contributed by atoms with Gasteiger partial charge in [0.25, 0.3) is 0 Å². The van der Waals surface area contributed by atoms with Crippen molar-refractivity contribution in [1.82, 2.24) is 15.0 Å². The van der Waals surface area contributed by atoms with Crippen molar-refractivity contribution in [3.05, 3.63) is 199 Å². The molecule has 3 nitrogen and oxygen atoms in total. The number of fused-ring (bicyclic) bond motifs is 7. The molecule has 268 valence electrons. The molecular formula is C54H37N3. The summed E-state index contributed by atoms with van der Waals surface area (Å²) in [5, 5.41) is 7.25. The number of nitrogens with zero attached hydrogens (tertiary/aromatic N) is 3. The second-order valence-corrected chi connectivity index (χ2v) is 15.7. The van der Waals surface area contributed by atoms with Crippen LogP contribution in [0.2, 0.25) is 0 Å². The van der Waals surface area contributed by atoms with Crippen LogP contribution in [0.1, 0.15) is 25.0 Å². The van der Waals surface area contributed by atoms with Gasteiger partial charge in [0, 0.05) is 22.1 Å². The van der Waals surface area contributed by atoms with E-state index in [0.29, 0.717) is 17.5 Å². The molecule has 9 aromatic carbocycles. The van der Waals surface area contributed by atoms with Crippen LogP contribution in [0.15, 0.2) is 188 Å². The van der Waals surface area contributed by atoms with Crippen LogP contribution in [-0.4, -0.2) is 15.0 Å². The van der Waals surface area contributed by atoms with E-state index in [9.17, 15) is 0 Å². The highest BCUT2D eigenvalue weighted by Crippen LogP contribution is 2.51. The average Bonchev–Trinajstić information content (AvgIpc) is 3.51. The van der Waals surface area contributed by atoms with Gasteiger partial charge in [0.15, 0.2) is 17.5 Å². The third-order valence-corrected chi connectivity index (χ3v) is 11.8. The Hall–Kier alpha value is -7.23. The third kappa shape index (κ3) is 5.62. The van der Waals surface area contributed by atoms with Crippen molar-refractivity contribution in [1.29, 1.82) is 0 Å². The van der Waals surface area contributed by atoms with E-state index in [0.717, 1.165) is 38.6 Å². The molecule has 0 spiro atoms.